The van der Waals surface area contributed by atoms with Crippen LogP contribution in [0.4, 0.5) is 0 Å². The van der Waals surface area contributed by atoms with Gasteiger partial charge in [-0.1, -0.05) is 6.42 Å². The summed E-state index contributed by atoms with van der Waals surface area (Å²) in [6.07, 6.45) is 7.02. The van der Waals surface area contributed by atoms with Crippen LogP contribution in [-0.2, 0) is 9.36 Å². The lowest BCUT2D eigenvalue weighted by Crippen LogP contribution is -2.42. The van der Waals surface area contributed by atoms with E-state index in [9.17, 15) is 19.4 Å². The second-order valence-electron chi connectivity index (χ2n) is 6.54. The monoisotopic (exact) mass is 303 g/mol. The van der Waals surface area contributed by atoms with Gasteiger partial charge in [0.25, 0.3) is 0 Å². The smallest absolute Gasteiger partial charge is 0.319 e. The Morgan fingerprint density at radius 3 is 2.45 bits per heavy atom. The molecule has 2 atom stereocenters. The molecule has 0 bridgehead atoms. The Morgan fingerprint density at radius 2 is 1.90 bits per heavy atom. The fraction of sp³-hybridized carbons (Fsp3) is 0.929. The van der Waals surface area contributed by atoms with E-state index >= 15 is 0 Å². The van der Waals surface area contributed by atoms with Crippen LogP contribution in [0.2, 0.25) is 0 Å². The van der Waals surface area contributed by atoms with Crippen molar-refractivity contribution in [3.8, 4) is 0 Å². The Balaban J connectivity index is 2.02. The minimum absolute atomic E-state index is 0.162. The van der Waals surface area contributed by atoms with Crippen LogP contribution < -0.4 is 5.73 Å². The van der Waals surface area contributed by atoms with Crippen molar-refractivity contribution in [3.63, 3.8) is 0 Å². The van der Waals surface area contributed by atoms with Gasteiger partial charge in [0.15, 0.2) is 0 Å². The molecule has 2 unspecified atom stereocenters. The molecule has 1 saturated carbocycles. The van der Waals surface area contributed by atoms with E-state index in [-0.39, 0.29) is 12.2 Å². The van der Waals surface area contributed by atoms with E-state index in [4.69, 9.17) is 5.73 Å². The minimum atomic E-state index is -3.59. The summed E-state index contributed by atoms with van der Waals surface area (Å²) in [6.45, 7) is 0. The van der Waals surface area contributed by atoms with Crippen LogP contribution in [0.25, 0.3) is 0 Å². The topological polar surface area (TPSA) is 101 Å². The Kier molecular flexibility index (Phi) is 4.93. The second kappa shape index (κ2) is 6.17. The predicted molar refractivity (Wildman–Crippen MR) is 78.1 cm³/mol. The first kappa shape index (κ1) is 16.0. The summed E-state index contributed by atoms with van der Waals surface area (Å²) in [5.74, 6) is -0.608. The minimum Gasteiger partial charge on any atom is -0.480 e. The van der Waals surface area contributed by atoms with Gasteiger partial charge in [-0.3, -0.25) is 9.36 Å². The average molecular weight is 303 g/mol. The molecule has 5 nitrogen and oxygen atoms in total. The van der Waals surface area contributed by atoms with Crippen molar-refractivity contribution in [3.05, 3.63) is 0 Å². The van der Waals surface area contributed by atoms with Crippen molar-refractivity contribution in [2.75, 3.05) is 6.16 Å². The van der Waals surface area contributed by atoms with Gasteiger partial charge in [-0.2, -0.15) is 0 Å². The van der Waals surface area contributed by atoms with E-state index in [1.807, 2.05) is 0 Å². The molecule has 1 aliphatic carbocycles. The number of carboxylic acids is 1. The van der Waals surface area contributed by atoms with Crippen molar-refractivity contribution in [2.24, 2.45) is 11.7 Å². The molecule has 20 heavy (non-hydrogen) atoms. The Hall–Kier alpha value is -0.380. The first-order valence-corrected chi connectivity index (χ1v) is 9.53. The third kappa shape index (κ3) is 3.10. The molecule has 1 saturated heterocycles. The van der Waals surface area contributed by atoms with Gasteiger partial charge < -0.3 is 15.7 Å². The molecule has 0 radical (unpaired) electrons. The number of hydrogen-bond donors (Lipinski definition) is 3. The van der Waals surface area contributed by atoms with Crippen LogP contribution in [-0.4, -0.2) is 33.3 Å². The summed E-state index contributed by atoms with van der Waals surface area (Å²) >= 11 is 0. The van der Waals surface area contributed by atoms with Crippen LogP contribution >= 0.6 is 7.37 Å². The summed E-state index contributed by atoms with van der Waals surface area (Å²) in [5, 5.41) is 8.16. The molecule has 0 aromatic heterocycles. The van der Waals surface area contributed by atoms with E-state index in [1.165, 1.54) is 0 Å². The van der Waals surface area contributed by atoms with Gasteiger partial charge in [-0.05, 0) is 57.3 Å². The molecule has 0 amide bonds. The maximum Gasteiger partial charge on any atom is 0.319 e. The lowest BCUT2D eigenvalue weighted by molar-refractivity contribution is -0.141. The number of carbonyl (C=O) groups is 1. The van der Waals surface area contributed by atoms with Crippen molar-refractivity contribution >= 4 is 13.3 Å². The van der Waals surface area contributed by atoms with E-state index < -0.39 is 18.5 Å². The van der Waals surface area contributed by atoms with Gasteiger partial charge in [-0.25, -0.2) is 0 Å². The predicted octanol–water partition coefficient (Wildman–Crippen LogP) is 2.56. The van der Waals surface area contributed by atoms with Gasteiger partial charge in [0.05, 0.1) is 0 Å². The number of carboxylic acid groups (broad SMARTS) is 1. The van der Waals surface area contributed by atoms with Crippen molar-refractivity contribution in [1.82, 2.24) is 0 Å². The zero-order chi connectivity index (χ0) is 14.8. The zero-order valence-corrected chi connectivity index (χ0v) is 12.9. The quantitative estimate of drug-likeness (QED) is 0.693. The Labute approximate surface area is 120 Å². The molecule has 116 valence electrons. The van der Waals surface area contributed by atoms with Gasteiger partial charge in [0.2, 0.25) is 7.37 Å². The molecule has 0 aromatic carbocycles. The molecule has 0 aromatic rings. The van der Waals surface area contributed by atoms with Gasteiger partial charge >= 0.3 is 5.97 Å². The highest BCUT2D eigenvalue weighted by molar-refractivity contribution is 7.60. The largest absolute Gasteiger partial charge is 0.480 e. The number of nitrogens with two attached hydrogens (primary N) is 1. The van der Waals surface area contributed by atoms with Crippen molar-refractivity contribution in [2.45, 2.75) is 69.0 Å². The maximum atomic E-state index is 12.4. The Morgan fingerprint density at radius 1 is 1.25 bits per heavy atom. The SMILES string of the molecule is N[C@H]1CC[C@@H](CCC2(C(=O)O)CCCCP2(=O)O)CC1. The zero-order valence-electron chi connectivity index (χ0n) is 12.0. The Bertz CT molecular complexity index is 406. The summed E-state index contributed by atoms with van der Waals surface area (Å²) in [5.41, 5.74) is 5.87. The summed E-state index contributed by atoms with van der Waals surface area (Å²) in [6, 6.07) is 0.276. The highest BCUT2D eigenvalue weighted by Crippen LogP contribution is 2.62. The molecule has 6 heteroatoms. The number of rotatable bonds is 4. The molecule has 2 aliphatic rings. The molecule has 2 fully saturated rings. The molecule has 1 aliphatic heterocycles. The fourth-order valence-corrected chi connectivity index (χ4v) is 6.08. The first-order chi connectivity index (χ1) is 9.37. The molecular formula is C14H26NO4P. The van der Waals surface area contributed by atoms with Crippen LogP contribution in [0, 0.1) is 5.92 Å². The van der Waals surface area contributed by atoms with E-state index in [1.54, 1.807) is 0 Å². The van der Waals surface area contributed by atoms with Gasteiger partial charge in [-0.15, -0.1) is 0 Å². The normalized spacial score (nSPS) is 42.3. The van der Waals surface area contributed by atoms with Crippen LogP contribution in [0.5, 0.6) is 0 Å². The lowest BCUT2D eigenvalue weighted by Gasteiger charge is -2.38. The molecule has 0 spiro atoms. The molecule has 1 heterocycles. The van der Waals surface area contributed by atoms with E-state index in [0.29, 0.717) is 25.2 Å². The first-order valence-electron chi connectivity index (χ1n) is 7.68. The number of hydrogen-bond acceptors (Lipinski definition) is 3. The van der Waals surface area contributed by atoms with E-state index in [2.05, 4.69) is 0 Å². The summed E-state index contributed by atoms with van der Waals surface area (Å²) < 4.78 is 12.4. The second-order valence-corrected chi connectivity index (χ2v) is 9.24. The highest BCUT2D eigenvalue weighted by atomic mass is 31.2. The fourth-order valence-electron chi connectivity index (χ4n) is 3.72. The van der Waals surface area contributed by atoms with Crippen LogP contribution in [0.15, 0.2) is 0 Å². The van der Waals surface area contributed by atoms with E-state index in [0.717, 1.165) is 38.5 Å². The third-order valence-electron chi connectivity index (χ3n) is 5.23. The third-order valence-corrected chi connectivity index (χ3v) is 8.12. The molecule has 4 N–H and O–H groups in total. The van der Waals surface area contributed by atoms with Crippen molar-refractivity contribution < 1.29 is 19.4 Å². The standard InChI is InChI=1S/C14H26NO4P/c15-12-5-3-11(4-6-12)7-9-14(13(16)17)8-1-2-10-20(14,18)19/h11-12H,1-10,15H2,(H,16,17)(H,18,19)/t11-,12+,14?. The van der Waals surface area contributed by atoms with Crippen LogP contribution in [0.1, 0.15) is 57.8 Å². The van der Waals surface area contributed by atoms with Gasteiger partial charge in [0.1, 0.15) is 5.16 Å². The summed E-state index contributed by atoms with van der Waals surface area (Å²) in [7, 11) is -3.59. The average Bonchev–Trinajstić information content (AvgIpc) is 2.39. The number of aliphatic carboxylic acids is 1. The van der Waals surface area contributed by atoms with Gasteiger partial charge in [0, 0.05) is 12.2 Å². The highest BCUT2D eigenvalue weighted by Gasteiger charge is 2.54. The molecule has 2 rings (SSSR count). The maximum absolute atomic E-state index is 12.4. The molecular weight excluding hydrogens is 277 g/mol. The van der Waals surface area contributed by atoms with Crippen molar-refractivity contribution in [1.29, 1.82) is 0 Å². The summed E-state index contributed by atoms with van der Waals surface area (Å²) in [4.78, 5) is 21.8. The lowest BCUT2D eigenvalue weighted by atomic mass is 9.81. The van der Waals surface area contributed by atoms with Crippen LogP contribution in [0.3, 0.4) is 0 Å².